The third kappa shape index (κ3) is 5.20. The van der Waals surface area contributed by atoms with Crippen molar-refractivity contribution in [2.24, 2.45) is 0 Å². The van der Waals surface area contributed by atoms with Crippen LogP contribution in [-0.2, 0) is 27.1 Å². The third-order valence-corrected chi connectivity index (χ3v) is 19.7. The Morgan fingerprint density at radius 1 is 0.544 bits per heavy atom. The van der Waals surface area contributed by atoms with E-state index < -0.39 is 0 Å². The summed E-state index contributed by atoms with van der Waals surface area (Å²) in [6.07, 6.45) is 2.37. The minimum atomic E-state index is -0.150. The van der Waals surface area contributed by atoms with Gasteiger partial charge in [-0.3, -0.25) is 0 Å². The number of aromatic nitrogens is 1. The number of nitrogens with zero attached hydrogens (tertiary/aromatic N) is 2. The van der Waals surface area contributed by atoms with E-state index in [0.717, 1.165) is 0 Å². The molecule has 68 heavy (non-hydrogen) atoms. The number of rotatable bonds is 1. The fraction of sp³-hybridized carbons (Fsp3) is 0.302. The molecule has 336 valence electrons. The Bertz CT molecular complexity index is 3910. The van der Waals surface area contributed by atoms with Crippen molar-refractivity contribution < 1.29 is 0 Å². The van der Waals surface area contributed by atoms with Crippen molar-refractivity contribution in [2.45, 2.75) is 123 Å². The van der Waals surface area contributed by atoms with Crippen LogP contribution < -0.4 is 15.1 Å². The molecule has 0 radical (unpaired) electrons. The SMILES string of the molecule is CC(C)(C)c1ccc(N2B3c4sc5ccc(C(C)(C)C)cc5c4-n4c5cc6c(cc5c5c7sc8ccccc8c7c(c3c54)-c3cc4c(cc32)C(C)(C)c2ccccc2-4)C(C)(C)CCC6(C)C)cc1. The quantitative estimate of drug-likeness (QED) is 0.149. The van der Waals surface area contributed by atoms with Crippen LogP contribution in [0.25, 0.3) is 80.0 Å². The van der Waals surface area contributed by atoms with Gasteiger partial charge < -0.3 is 9.38 Å². The molecule has 0 saturated carbocycles. The van der Waals surface area contributed by atoms with E-state index in [1.807, 2.05) is 22.7 Å². The van der Waals surface area contributed by atoms with Crippen LogP contribution in [-0.4, -0.2) is 11.4 Å². The molecule has 0 saturated heterocycles. The largest absolute Gasteiger partial charge is 0.376 e. The van der Waals surface area contributed by atoms with Crippen molar-refractivity contribution >= 4 is 103 Å². The highest BCUT2D eigenvalue weighted by atomic mass is 32.1. The van der Waals surface area contributed by atoms with E-state index in [1.165, 1.54) is 148 Å². The lowest BCUT2D eigenvalue weighted by Gasteiger charge is -2.42. The predicted molar refractivity (Wildman–Crippen MR) is 298 cm³/mol. The number of hydrogen-bond acceptors (Lipinski definition) is 3. The van der Waals surface area contributed by atoms with Crippen LogP contribution >= 0.6 is 22.7 Å². The Morgan fingerprint density at radius 2 is 1.21 bits per heavy atom. The minimum Gasteiger partial charge on any atom is -0.376 e. The lowest BCUT2D eigenvalue weighted by molar-refractivity contribution is 0.332. The zero-order valence-corrected chi connectivity index (χ0v) is 43.3. The highest BCUT2D eigenvalue weighted by molar-refractivity contribution is 7.32. The van der Waals surface area contributed by atoms with Crippen LogP contribution in [0.3, 0.4) is 0 Å². The summed E-state index contributed by atoms with van der Waals surface area (Å²) in [6, 6.07) is 46.2. The van der Waals surface area contributed by atoms with Gasteiger partial charge >= 0.3 is 6.85 Å². The molecule has 2 aliphatic carbocycles. The van der Waals surface area contributed by atoms with Crippen molar-refractivity contribution in [3.05, 3.63) is 149 Å². The second-order valence-electron chi connectivity index (χ2n) is 24.8. The third-order valence-electron chi connectivity index (χ3n) is 17.3. The monoisotopic (exact) mass is 918 g/mol. The van der Waals surface area contributed by atoms with Crippen molar-refractivity contribution in [1.29, 1.82) is 0 Å². The van der Waals surface area contributed by atoms with E-state index in [4.69, 9.17) is 0 Å². The average molecular weight is 919 g/mol. The predicted octanol–water partition coefficient (Wildman–Crippen LogP) is 16.9. The molecule has 0 amide bonds. The molecule has 0 N–H and O–H groups in total. The van der Waals surface area contributed by atoms with Crippen LogP contribution in [0.5, 0.6) is 0 Å². The van der Waals surface area contributed by atoms with Gasteiger partial charge in [-0.15, -0.1) is 22.7 Å². The van der Waals surface area contributed by atoms with Crippen molar-refractivity contribution in [1.82, 2.24) is 4.57 Å². The summed E-state index contributed by atoms with van der Waals surface area (Å²) in [7, 11) is 0. The van der Waals surface area contributed by atoms with E-state index in [2.05, 4.69) is 208 Å². The van der Waals surface area contributed by atoms with Crippen molar-refractivity contribution in [2.75, 3.05) is 4.81 Å². The highest BCUT2D eigenvalue weighted by Gasteiger charge is 2.49. The van der Waals surface area contributed by atoms with E-state index in [1.54, 1.807) is 0 Å². The summed E-state index contributed by atoms with van der Waals surface area (Å²) in [4.78, 5) is 2.79. The zero-order chi connectivity index (χ0) is 46.9. The Balaban J connectivity index is 1.24. The lowest BCUT2D eigenvalue weighted by Crippen LogP contribution is -2.59. The maximum atomic E-state index is 2.81. The summed E-state index contributed by atoms with van der Waals surface area (Å²) >= 11 is 4.04. The zero-order valence-electron chi connectivity index (χ0n) is 41.7. The minimum absolute atomic E-state index is 0.00409. The van der Waals surface area contributed by atoms with Crippen LogP contribution in [0.2, 0.25) is 0 Å². The summed E-state index contributed by atoms with van der Waals surface area (Å²) in [5, 5.41) is 6.99. The van der Waals surface area contributed by atoms with Crippen LogP contribution in [0.15, 0.2) is 115 Å². The second kappa shape index (κ2) is 13.0. The first kappa shape index (κ1) is 41.4. The number of thiophene rings is 2. The van der Waals surface area contributed by atoms with Crippen LogP contribution in [0.1, 0.15) is 129 Å². The Morgan fingerprint density at radius 3 is 1.94 bits per heavy atom. The van der Waals surface area contributed by atoms with Gasteiger partial charge in [-0.05, 0) is 145 Å². The van der Waals surface area contributed by atoms with Gasteiger partial charge in [0.2, 0.25) is 0 Å². The molecule has 14 rings (SSSR count). The van der Waals surface area contributed by atoms with Gasteiger partial charge in [0.25, 0.3) is 0 Å². The van der Waals surface area contributed by atoms with E-state index in [0.29, 0.717) is 0 Å². The van der Waals surface area contributed by atoms with Gasteiger partial charge in [-0.2, -0.15) is 0 Å². The highest BCUT2D eigenvalue weighted by Crippen LogP contribution is 2.59. The Hall–Kier alpha value is -5.62. The normalized spacial score (nSPS) is 17.3. The Kier molecular flexibility index (Phi) is 7.89. The first-order chi connectivity index (χ1) is 32.2. The molecular formula is C63H59BN2S2. The molecule has 7 aromatic carbocycles. The fourth-order valence-corrected chi connectivity index (χ4v) is 15.9. The molecule has 2 nitrogen and oxygen atoms in total. The molecule has 0 atom stereocenters. The topological polar surface area (TPSA) is 8.17 Å². The molecule has 0 fully saturated rings. The fourth-order valence-electron chi connectivity index (χ4n) is 13.4. The number of benzene rings is 7. The summed E-state index contributed by atoms with van der Waals surface area (Å²) in [5.74, 6) is 0. The molecule has 2 aliphatic heterocycles. The molecule has 5 heterocycles. The van der Waals surface area contributed by atoms with Crippen LogP contribution in [0.4, 0.5) is 11.4 Å². The molecule has 5 heteroatoms. The molecular weight excluding hydrogens is 860 g/mol. The molecule has 3 aromatic heterocycles. The molecule has 0 unspecified atom stereocenters. The first-order valence-corrected chi connectivity index (χ1v) is 26.6. The van der Waals surface area contributed by atoms with E-state index in [-0.39, 0.29) is 33.9 Å². The number of anilines is 2. The van der Waals surface area contributed by atoms with E-state index >= 15 is 0 Å². The summed E-state index contributed by atoms with van der Waals surface area (Å²) in [5.41, 5.74) is 22.3. The lowest BCUT2D eigenvalue weighted by atomic mass is 9.46. The van der Waals surface area contributed by atoms with Gasteiger partial charge in [0.1, 0.15) is 0 Å². The smallest absolute Gasteiger partial charge is 0.343 e. The van der Waals surface area contributed by atoms with Gasteiger partial charge in [0.15, 0.2) is 0 Å². The second-order valence-corrected chi connectivity index (χ2v) is 26.9. The molecule has 10 aromatic rings. The summed E-state index contributed by atoms with van der Waals surface area (Å²) in [6.45, 7) is 28.9. The van der Waals surface area contributed by atoms with Crippen LogP contribution in [0, 0.1) is 0 Å². The first-order valence-electron chi connectivity index (χ1n) is 25.0. The van der Waals surface area contributed by atoms with E-state index in [9.17, 15) is 0 Å². The number of hydrogen-bond donors (Lipinski definition) is 0. The Labute approximate surface area is 409 Å². The van der Waals surface area contributed by atoms with Gasteiger partial charge in [-0.1, -0.05) is 144 Å². The van der Waals surface area contributed by atoms with Crippen molar-refractivity contribution in [3.8, 4) is 27.9 Å². The number of fused-ring (bicyclic) bond motifs is 19. The molecule has 4 aliphatic rings. The van der Waals surface area contributed by atoms with Crippen molar-refractivity contribution in [3.63, 3.8) is 0 Å². The molecule has 0 bridgehead atoms. The standard InChI is InChI=1S/C63H59BN2S2/c1-59(2,3)34-21-24-36(25-22-34)66-48-32-44-39(37-17-13-15-19-43(37)63(44,11)12)30-40(48)51-52-38-18-14-16-20-49(38)67-57(52)53-41-31-45-46(62(9,10)28-27-61(45,7)8)33-47(41)65-55-42-29-35(60(4,5)6)23-26-50(42)68-58(55)64(66)54(51)56(53)65/h13-26,29-33H,27-28H2,1-12H3. The average Bonchev–Trinajstić information content (AvgIpc) is 4.03. The molecule has 0 spiro atoms. The maximum Gasteiger partial charge on any atom is 0.343 e. The van der Waals surface area contributed by atoms with Gasteiger partial charge in [-0.25, -0.2) is 0 Å². The van der Waals surface area contributed by atoms with Gasteiger partial charge in [0, 0.05) is 68.2 Å². The summed E-state index contributed by atoms with van der Waals surface area (Å²) < 4.78 is 8.38. The van der Waals surface area contributed by atoms with Gasteiger partial charge in [0.05, 0.1) is 16.7 Å². The maximum absolute atomic E-state index is 2.81.